The van der Waals surface area contributed by atoms with E-state index in [-0.39, 0.29) is 11.4 Å². The van der Waals surface area contributed by atoms with Crippen LogP contribution in [0.2, 0.25) is 0 Å². The molecular weight excluding hydrogens is 456 g/mol. The van der Waals surface area contributed by atoms with Crippen molar-refractivity contribution in [1.82, 2.24) is 5.32 Å². The molecule has 0 aliphatic heterocycles. The Morgan fingerprint density at radius 2 is 1.34 bits per heavy atom. The quantitative estimate of drug-likeness (QED) is 0.364. The van der Waals surface area contributed by atoms with E-state index in [1.165, 1.54) is 12.1 Å². The van der Waals surface area contributed by atoms with E-state index in [2.05, 4.69) is 5.32 Å². The Labute approximate surface area is 207 Å². The summed E-state index contributed by atoms with van der Waals surface area (Å²) in [6.45, 7) is 3.58. The van der Waals surface area contributed by atoms with Crippen molar-refractivity contribution in [2.24, 2.45) is 0 Å². The molecule has 5 nitrogen and oxygen atoms in total. The van der Waals surface area contributed by atoms with Crippen LogP contribution in [0.1, 0.15) is 28.3 Å². The van der Waals surface area contributed by atoms with Gasteiger partial charge in [0.2, 0.25) is 5.91 Å². The predicted molar refractivity (Wildman–Crippen MR) is 140 cm³/mol. The van der Waals surface area contributed by atoms with Crippen LogP contribution < -0.4 is 9.62 Å². The van der Waals surface area contributed by atoms with E-state index >= 15 is 0 Å². The van der Waals surface area contributed by atoms with Crippen molar-refractivity contribution in [1.29, 1.82) is 0 Å². The maximum Gasteiger partial charge on any atom is 0.264 e. The summed E-state index contributed by atoms with van der Waals surface area (Å²) in [5.74, 6) is -0.402. The minimum absolute atomic E-state index is 0.131. The zero-order valence-electron chi connectivity index (χ0n) is 19.8. The third kappa shape index (κ3) is 5.78. The molecule has 0 heterocycles. The molecule has 6 heteroatoms. The number of nitrogens with one attached hydrogen (secondary N) is 1. The highest BCUT2D eigenvalue weighted by Gasteiger charge is 2.28. The summed E-state index contributed by atoms with van der Waals surface area (Å²) in [7, 11) is -3.96. The Morgan fingerprint density at radius 1 is 0.743 bits per heavy atom. The van der Waals surface area contributed by atoms with Gasteiger partial charge in [0.25, 0.3) is 10.0 Å². The molecule has 1 unspecified atom stereocenters. The van der Waals surface area contributed by atoms with Crippen molar-refractivity contribution >= 4 is 21.6 Å². The first-order chi connectivity index (χ1) is 16.8. The van der Waals surface area contributed by atoms with Crippen LogP contribution in [-0.2, 0) is 14.8 Å². The lowest BCUT2D eigenvalue weighted by Crippen LogP contribution is -2.42. The number of anilines is 1. The van der Waals surface area contributed by atoms with Gasteiger partial charge < -0.3 is 5.32 Å². The second-order valence-corrected chi connectivity index (χ2v) is 10.3. The van der Waals surface area contributed by atoms with Gasteiger partial charge in [-0.1, -0.05) is 96.1 Å². The van der Waals surface area contributed by atoms with Crippen molar-refractivity contribution in [3.8, 4) is 0 Å². The number of nitrogens with zero attached hydrogens (tertiary/aromatic N) is 1. The molecule has 178 valence electrons. The molecule has 0 saturated heterocycles. The van der Waals surface area contributed by atoms with Crippen molar-refractivity contribution in [3.63, 3.8) is 0 Å². The van der Waals surface area contributed by atoms with Crippen LogP contribution in [0.4, 0.5) is 5.69 Å². The lowest BCUT2D eigenvalue weighted by atomic mass is 9.97. The molecule has 0 aromatic heterocycles. The topological polar surface area (TPSA) is 66.5 Å². The van der Waals surface area contributed by atoms with Crippen LogP contribution in [0.3, 0.4) is 0 Å². The average Bonchev–Trinajstić information content (AvgIpc) is 2.87. The van der Waals surface area contributed by atoms with Crippen molar-refractivity contribution in [3.05, 3.63) is 131 Å². The zero-order chi connectivity index (χ0) is 24.8. The molecule has 1 amide bonds. The van der Waals surface area contributed by atoms with E-state index < -0.39 is 22.0 Å². The van der Waals surface area contributed by atoms with E-state index in [0.29, 0.717) is 5.69 Å². The molecule has 0 aliphatic rings. The van der Waals surface area contributed by atoms with Crippen LogP contribution >= 0.6 is 0 Å². The van der Waals surface area contributed by atoms with Crippen molar-refractivity contribution < 1.29 is 13.2 Å². The van der Waals surface area contributed by atoms with Gasteiger partial charge in [0.05, 0.1) is 16.6 Å². The second-order valence-electron chi connectivity index (χ2n) is 8.49. The molecule has 4 aromatic carbocycles. The summed E-state index contributed by atoms with van der Waals surface area (Å²) in [6.07, 6.45) is 0. The fourth-order valence-electron chi connectivity index (χ4n) is 3.94. The van der Waals surface area contributed by atoms with Gasteiger partial charge in [-0.25, -0.2) is 8.42 Å². The monoisotopic (exact) mass is 484 g/mol. The third-order valence-corrected chi connectivity index (χ3v) is 7.54. The van der Waals surface area contributed by atoms with Crippen LogP contribution in [-0.4, -0.2) is 20.9 Å². The number of sulfonamides is 1. The van der Waals surface area contributed by atoms with E-state index in [0.717, 1.165) is 26.6 Å². The molecule has 0 radical (unpaired) electrons. The molecule has 0 fully saturated rings. The molecule has 0 spiro atoms. The fourth-order valence-corrected chi connectivity index (χ4v) is 5.38. The summed E-state index contributed by atoms with van der Waals surface area (Å²) in [6, 6.07) is 32.5. The number of benzene rings is 4. The average molecular weight is 485 g/mol. The number of amides is 1. The van der Waals surface area contributed by atoms with E-state index in [9.17, 15) is 13.2 Å². The van der Waals surface area contributed by atoms with Crippen molar-refractivity contribution in [2.45, 2.75) is 24.8 Å². The molecular formula is C29H28N2O3S. The second kappa shape index (κ2) is 10.6. The molecule has 4 rings (SSSR count). The summed E-state index contributed by atoms with van der Waals surface area (Å²) >= 11 is 0. The highest BCUT2D eigenvalue weighted by Crippen LogP contribution is 2.26. The molecule has 35 heavy (non-hydrogen) atoms. The van der Waals surface area contributed by atoms with Gasteiger partial charge in [0, 0.05) is 0 Å². The zero-order valence-corrected chi connectivity index (χ0v) is 20.6. The SMILES string of the molecule is Cc1ccc(N(CC(=O)NC(c2ccccc2)c2cccc(C)c2)S(=O)(=O)c2ccccc2)cc1. The van der Waals surface area contributed by atoms with Crippen LogP contribution in [0.5, 0.6) is 0 Å². The Kier molecular flexibility index (Phi) is 7.32. The first-order valence-electron chi connectivity index (χ1n) is 11.4. The van der Waals surface area contributed by atoms with E-state index in [1.807, 2.05) is 80.6 Å². The highest BCUT2D eigenvalue weighted by molar-refractivity contribution is 7.92. The van der Waals surface area contributed by atoms with Gasteiger partial charge in [-0.05, 0) is 49.2 Å². The van der Waals surface area contributed by atoms with E-state index in [4.69, 9.17) is 0 Å². The first kappa shape index (κ1) is 24.2. The van der Waals surface area contributed by atoms with Crippen LogP contribution in [0, 0.1) is 13.8 Å². The Morgan fingerprint density at radius 3 is 1.97 bits per heavy atom. The van der Waals surface area contributed by atoms with Crippen LogP contribution in [0.25, 0.3) is 0 Å². The maximum absolute atomic E-state index is 13.6. The summed E-state index contributed by atoms with van der Waals surface area (Å²) in [5, 5.41) is 3.07. The van der Waals surface area contributed by atoms with E-state index in [1.54, 1.807) is 30.3 Å². The van der Waals surface area contributed by atoms with Gasteiger partial charge >= 0.3 is 0 Å². The minimum atomic E-state index is -3.96. The van der Waals surface area contributed by atoms with Gasteiger partial charge in [-0.3, -0.25) is 9.10 Å². The lowest BCUT2D eigenvalue weighted by molar-refractivity contribution is -0.120. The van der Waals surface area contributed by atoms with Crippen molar-refractivity contribution in [2.75, 3.05) is 10.8 Å². The molecule has 0 saturated carbocycles. The number of aryl methyl sites for hydroxylation is 2. The Balaban J connectivity index is 1.68. The van der Waals surface area contributed by atoms with Gasteiger partial charge in [-0.2, -0.15) is 0 Å². The number of carbonyl (C=O) groups excluding carboxylic acids is 1. The molecule has 0 bridgehead atoms. The Bertz CT molecular complexity index is 1390. The third-order valence-electron chi connectivity index (χ3n) is 5.75. The van der Waals surface area contributed by atoms with Crippen LogP contribution in [0.15, 0.2) is 114 Å². The standard InChI is InChI=1S/C29H28N2O3S/c1-22-16-18-26(19-17-22)31(35(33,34)27-14-7-4-8-15-27)21-28(32)30-29(24-11-5-3-6-12-24)25-13-9-10-23(2)20-25/h3-20,29H,21H2,1-2H3,(H,30,32). The summed E-state index contributed by atoms with van der Waals surface area (Å²) in [5.41, 5.74) is 4.35. The largest absolute Gasteiger partial charge is 0.344 e. The van der Waals surface area contributed by atoms with Gasteiger partial charge in [-0.15, -0.1) is 0 Å². The molecule has 1 atom stereocenters. The number of hydrogen-bond donors (Lipinski definition) is 1. The smallest absolute Gasteiger partial charge is 0.264 e. The van der Waals surface area contributed by atoms with Gasteiger partial charge in [0.15, 0.2) is 0 Å². The number of hydrogen-bond acceptors (Lipinski definition) is 3. The highest BCUT2D eigenvalue weighted by atomic mass is 32.2. The Hall–Kier alpha value is -3.90. The first-order valence-corrected chi connectivity index (χ1v) is 12.8. The number of rotatable bonds is 8. The minimum Gasteiger partial charge on any atom is -0.344 e. The molecule has 0 aliphatic carbocycles. The predicted octanol–water partition coefficient (Wildman–Crippen LogP) is 5.40. The van der Waals surface area contributed by atoms with Gasteiger partial charge in [0.1, 0.15) is 6.54 Å². The number of carbonyl (C=O) groups is 1. The summed E-state index contributed by atoms with van der Waals surface area (Å²) in [4.78, 5) is 13.5. The normalized spacial score (nSPS) is 12.1. The molecule has 1 N–H and O–H groups in total. The molecule has 4 aromatic rings. The summed E-state index contributed by atoms with van der Waals surface area (Å²) < 4.78 is 28.3. The fraction of sp³-hybridized carbons (Fsp3) is 0.138. The maximum atomic E-state index is 13.6. The lowest BCUT2D eigenvalue weighted by Gasteiger charge is -2.26.